The zero-order valence-corrected chi connectivity index (χ0v) is 9.92. The average molecular weight is 226 g/mol. The average Bonchev–Trinajstić information content (AvgIpc) is 2.37. The van der Waals surface area contributed by atoms with Gasteiger partial charge < -0.3 is 4.74 Å². The van der Waals surface area contributed by atoms with Crippen LogP contribution < -0.4 is 4.74 Å². The zero-order valence-electron chi connectivity index (χ0n) is 9.92. The molecule has 2 aromatic carbocycles. The molecule has 0 N–H and O–H groups in total. The van der Waals surface area contributed by atoms with Crippen molar-refractivity contribution in [1.29, 1.82) is 10.8 Å². The molecule has 0 heterocycles. The molecular weight excluding hydrogens is 212 g/mol. The van der Waals surface area contributed by atoms with Gasteiger partial charge in [-0.25, -0.2) is 0 Å². The van der Waals surface area contributed by atoms with Crippen molar-refractivity contribution in [2.75, 3.05) is 0 Å². The second-order valence-electron chi connectivity index (χ2n) is 3.73. The molecule has 3 heteroatoms. The van der Waals surface area contributed by atoms with E-state index in [4.69, 9.17) is 15.5 Å². The second kappa shape index (κ2) is 6.29. The van der Waals surface area contributed by atoms with Gasteiger partial charge in [0.25, 0.3) is 0 Å². The lowest BCUT2D eigenvalue weighted by Gasteiger charge is -2.05. The molecule has 0 saturated carbocycles. The van der Waals surface area contributed by atoms with Gasteiger partial charge in [0.1, 0.15) is 11.5 Å². The standard InChI is InChI=1S/C14H14O.N2/c1-11-3-7-13(8-4-11)15-14-9-5-12(2)6-10-14;1-2/h3-10H,1-2H3;. The molecule has 0 unspecified atom stereocenters. The number of nitrogens with zero attached hydrogens (tertiary/aromatic N) is 2. The Labute approximate surface area is 101 Å². The Bertz CT molecular complexity index is 428. The predicted molar refractivity (Wildman–Crippen MR) is 65.9 cm³/mol. The molecule has 0 aromatic heterocycles. The lowest BCUT2D eigenvalue weighted by atomic mass is 10.2. The van der Waals surface area contributed by atoms with E-state index < -0.39 is 0 Å². The van der Waals surface area contributed by atoms with Crippen LogP contribution in [-0.2, 0) is 0 Å². The maximum atomic E-state index is 6.00. The maximum absolute atomic E-state index is 6.00. The van der Waals surface area contributed by atoms with Crippen LogP contribution in [-0.4, -0.2) is 0 Å². The molecule has 0 aliphatic rings. The fraction of sp³-hybridized carbons (Fsp3) is 0.143. The van der Waals surface area contributed by atoms with E-state index in [0.29, 0.717) is 0 Å². The van der Waals surface area contributed by atoms with Crippen LogP contribution in [0.5, 0.6) is 11.5 Å². The van der Waals surface area contributed by atoms with Crippen LogP contribution in [0.2, 0.25) is 0 Å². The number of hydrogen-bond donors (Lipinski definition) is 0. The molecule has 0 radical (unpaired) electrons. The summed E-state index contributed by atoms with van der Waals surface area (Å²) < 4.78 is 5.69. The summed E-state index contributed by atoms with van der Waals surface area (Å²) in [5.74, 6) is 1.76. The number of aryl methyl sites for hydroxylation is 2. The summed E-state index contributed by atoms with van der Waals surface area (Å²) in [4.78, 5) is 0. The molecule has 0 fully saturated rings. The highest BCUT2D eigenvalue weighted by molar-refractivity contribution is 5.33. The van der Waals surface area contributed by atoms with Gasteiger partial charge in [0.15, 0.2) is 0 Å². The van der Waals surface area contributed by atoms with Crippen LogP contribution >= 0.6 is 0 Å². The first-order valence-corrected chi connectivity index (χ1v) is 5.25. The monoisotopic (exact) mass is 226 g/mol. The summed E-state index contributed by atoms with van der Waals surface area (Å²) in [6, 6.07) is 16.1. The minimum absolute atomic E-state index is 0.879. The van der Waals surface area contributed by atoms with Gasteiger partial charge in [-0.05, 0) is 38.1 Å². The smallest absolute Gasteiger partial charge is 0.127 e. The van der Waals surface area contributed by atoms with Gasteiger partial charge in [0.2, 0.25) is 0 Å². The summed E-state index contributed by atoms with van der Waals surface area (Å²) >= 11 is 0. The Morgan fingerprint density at radius 3 is 1.24 bits per heavy atom. The molecule has 0 spiro atoms. The Kier molecular flexibility index (Phi) is 4.71. The fourth-order valence-corrected chi connectivity index (χ4v) is 1.35. The van der Waals surface area contributed by atoms with Gasteiger partial charge in [0, 0.05) is 10.8 Å². The van der Waals surface area contributed by atoms with Gasteiger partial charge in [-0.3, -0.25) is 0 Å². The van der Waals surface area contributed by atoms with E-state index in [1.807, 2.05) is 48.5 Å². The van der Waals surface area contributed by atoms with Crippen molar-refractivity contribution in [3.8, 4) is 11.5 Å². The zero-order chi connectivity index (χ0) is 12.7. The quantitative estimate of drug-likeness (QED) is 0.723. The third-order valence-corrected chi connectivity index (χ3v) is 2.28. The lowest BCUT2D eigenvalue weighted by molar-refractivity contribution is 0.482. The summed E-state index contributed by atoms with van der Waals surface area (Å²) in [6.07, 6.45) is 0. The van der Waals surface area contributed by atoms with Crippen molar-refractivity contribution in [2.24, 2.45) is 0 Å². The minimum Gasteiger partial charge on any atom is -0.457 e. The first kappa shape index (κ1) is 12.7. The van der Waals surface area contributed by atoms with Crippen molar-refractivity contribution < 1.29 is 4.74 Å². The van der Waals surface area contributed by atoms with Crippen LogP contribution in [0.25, 0.3) is 0 Å². The molecule has 0 aliphatic heterocycles. The Balaban J connectivity index is 0.000000686. The summed E-state index contributed by atoms with van der Waals surface area (Å²) in [7, 11) is 0. The third kappa shape index (κ3) is 3.96. The van der Waals surface area contributed by atoms with Crippen LogP contribution in [0.1, 0.15) is 11.1 Å². The van der Waals surface area contributed by atoms with Gasteiger partial charge >= 0.3 is 0 Å². The van der Waals surface area contributed by atoms with Crippen molar-refractivity contribution in [2.45, 2.75) is 13.8 Å². The molecule has 3 nitrogen and oxygen atoms in total. The highest BCUT2D eigenvalue weighted by Gasteiger charge is 1.95. The Hall–Kier alpha value is -2.34. The van der Waals surface area contributed by atoms with Crippen molar-refractivity contribution in [3.63, 3.8) is 0 Å². The van der Waals surface area contributed by atoms with E-state index >= 15 is 0 Å². The van der Waals surface area contributed by atoms with Crippen LogP contribution in [0.3, 0.4) is 0 Å². The summed E-state index contributed by atoms with van der Waals surface area (Å²) in [5, 5.41) is 12.0. The maximum Gasteiger partial charge on any atom is 0.127 e. The van der Waals surface area contributed by atoms with Crippen LogP contribution in [0.15, 0.2) is 48.5 Å². The molecule has 17 heavy (non-hydrogen) atoms. The highest BCUT2D eigenvalue weighted by Crippen LogP contribution is 2.21. The molecule has 0 aliphatic carbocycles. The molecule has 0 saturated heterocycles. The largest absolute Gasteiger partial charge is 0.457 e. The number of ether oxygens (including phenoxy) is 1. The van der Waals surface area contributed by atoms with Crippen molar-refractivity contribution in [1.82, 2.24) is 0 Å². The van der Waals surface area contributed by atoms with E-state index in [2.05, 4.69) is 13.8 Å². The van der Waals surface area contributed by atoms with E-state index in [1.54, 1.807) is 0 Å². The Morgan fingerprint density at radius 1 is 0.647 bits per heavy atom. The number of hydrogen-bond acceptors (Lipinski definition) is 3. The van der Waals surface area contributed by atoms with Crippen molar-refractivity contribution in [3.05, 3.63) is 59.7 Å². The number of rotatable bonds is 2. The summed E-state index contributed by atoms with van der Waals surface area (Å²) in [6.45, 7) is 4.13. The van der Waals surface area contributed by atoms with E-state index in [1.165, 1.54) is 11.1 Å². The normalized spacial score (nSPS) is 8.94. The first-order chi connectivity index (χ1) is 8.24. The number of benzene rings is 2. The van der Waals surface area contributed by atoms with Crippen molar-refractivity contribution >= 4 is 0 Å². The van der Waals surface area contributed by atoms with Crippen LogP contribution in [0.4, 0.5) is 0 Å². The SMILES string of the molecule is Cc1ccc(Oc2ccc(C)cc2)cc1.N#N. The molecule has 2 aromatic rings. The van der Waals surface area contributed by atoms with Crippen LogP contribution in [0, 0.1) is 24.6 Å². The first-order valence-electron chi connectivity index (χ1n) is 5.25. The van der Waals surface area contributed by atoms with Gasteiger partial charge in [-0.15, -0.1) is 0 Å². The van der Waals surface area contributed by atoms with Gasteiger partial charge in [-0.1, -0.05) is 35.4 Å². The molecule has 0 bridgehead atoms. The topological polar surface area (TPSA) is 56.8 Å². The predicted octanol–water partition coefficient (Wildman–Crippen LogP) is 4.13. The van der Waals surface area contributed by atoms with Gasteiger partial charge in [-0.2, -0.15) is 0 Å². The molecule has 2 rings (SSSR count). The fourth-order valence-electron chi connectivity index (χ4n) is 1.35. The second-order valence-corrected chi connectivity index (χ2v) is 3.73. The van der Waals surface area contributed by atoms with Gasteiger partial charge in [0.05, 0.1) is 0 Å². The molecular formula is C14H14N2O. The van der Waals surface area contributed by atoms with E-state index in [-0.39, 0.29) is 0 Å². The third-order valence-electron chi connectivity index (χ3n) is 2.28. The highest BCUT2D eigenvalue weighted by atomic mass is 16.5. The molecule has 0 amide bonds. The Morgan fingerprint density at radius 2 is 0.941 bits per heavy atom. The lowest BCUT2D eigenvalue weighted by Crippen LogP contribution is -1.84. The molecule has 0 atom stereocenters. The van der Waals surface area contributed by atoms with E-state index in [0.717, 1.165) is 11.5 Å². The molecule has 86 valence electrons. The van der Waals surface area contributed by atoms with E-state index in [9.17, 15) is 0 Å². The minimum atomic E-state index is 0.879. The summed E-state index contributed by atoms with van der Waals surface area (Å²) in [5.41, 5.74) is 2.48.